The van der Waals surface area contributed by atoms with Crippen LogP contribution in [0.25, 0.3) is 21.1 Å². The van der Waals surface area contributed by atoms with Crippen LogP contribution in [-0.4, -0.2) is 24.9 Å². The van der Waals surface area contributed by atoms with Gasteiger partial charge in [-0.05, 0) is 49.8 Å². The molecule has 1 N–H and O–H groups in total. The van der Waals surface area contributed by atoms with Gasteiger partial charge in [0.15, 0.2) is 5.11 Å². The van der Waals surface area contributed by atoms with Crippen molar-refractivity contribution < 1.29 is 0 Å². The molecule has 140 valence electrons. The fraction of sp³-hybridized carbons (Fsp3) is 0.143. The standard InChI is InChI=1S/C21H19N5S2/c1-14(16-7-4-3-5-8-16)24-21(27)26-12-10-18(25-26)19-15(2)23-20(28-19)17-9-6-11-22-13-17/h3-14H,1-2H3,(H,24,27). The largest absolute Gasteiger partial charge is 0.354 e. The molecule has 28 heavy (non-hydrogen) atoms. The summed E-state index contributed by atoms with van der Waals surface area (Å²) < 4.78 is 1.70. The zero-order valence-electron chi connectivity index (χ0n) is 15.5. The van der Waals surface area contributed by atoms with Crippen LogP contribution in [0.4, 0.5) is 0 Å². The van der Waals surface area contributed by atoms with Gasteiger partial charge in [-0.1, -0.05) is 30.3 Å². The van der Waals surface area contributed by atoms with Crippen LogP contribution >= 0.6 is 23.6 Å². The minimum atomic E-state index is 0.101. The molecule has 4 rings (SSSR count). The van der Waals surface area contributed by atoms with E-state index in [9.17, 15) is 0 Å². The van der Waals surface area contributed by atoms with Gasteiger partial charge in [-0.3, -0.25) is 4.98 Å². The molecule has 7 heteroatoms. The highest BCUT2D eigenvalue weighted by atomic mass is 32.1. The summed E-state index contributed by atoms with van der Waals surface area (Å²) in [5.74, 6) is 0. The summed E-state index contributed by atoms with van der Waals surface area (Å²) in [5.41, 5.74) is 4.00. The smallest absolute Gasteiger partial charge is 0.194 e. The number of aryl methyl sites for hydroxylation is 1. The van der Waals surface area contributed by atoms with Crippen LogP contribution in [-0.2, 0) is 0 Å². The maximum atomic E-state index is 5.54. The van der Waals surface area contributed by atoms with E-state index in [0.29, 0.717) is 5.11 Å². The molecule has 1 unspecified atom stereocenters. The first-order chi connectivity index (χ1) is 13.6. The molecular formula is C21H19N5S2. The van der Waals surface area contributed by atoms with Gasteiger partial charge in [0, 0.05) is 24.2 Å². The van der Waals surface area contributed by atoms with Crippen LogP contribution < -0.4 is 5.32 Å². The number of nitrogens with one attached hydrogen (secondary N) is 1. The van der Waals surface area contributed by atoms with Gasteiger partial charge in [0.2, 0.25) is 0 Å². The Morgan fingerprint density at radius 2 is 1.96 bits per heavy atom. The quantitative estimate of drug-likeness (QED) is 0.491. The average Bonchev–Trinajstić information content (AvgIpc) is 3.36. The van der Waals surface area contributed by atoms with Crippen molar-refractivity contribution in [2.75, 3.05) is 0 Å². The Morgan fingerprint density at radius 1 is 1.14 bits per heavy atom. The molecule has 1 atom stereocenters. The number of hydrogen-bond acceptors (Lipinski definition) is 5. The minimum absolute atomic E-state index is 0.101. The number of hydrogen-bond donors (Lipinski definition) is 1. The first kappa shape index (κ1) is 18.5. The van der Waals surface area contributed by atoms with E-state index in [1.54, 1.807) is 22.2 Å². The Labute approximate surface area is 173 Å². The summed E-state index contributed by atoms with van der Waals surface area (Å²) in [6, 6.07) is 16.2. The van der Waals surface area contributed by atoms with Gasteiger partial charge >= 0.3 is 0 Å². The second-order valence-corrected chi connectivity index (χ2v) is 7.79. The Morgan fingerprint density at radius 3 is 2.71 bits per heavy atom. The molecule has 0 aliphatic rings. The summed E-state index contributed by atoms with van der Waals surface area (Å²) >= 11 is 7.15. The van der Waals surface area contributed by atoms with Crippen molar-refractivity contribution in [2.45, 2.75) is 19.9 Å². The SMILES string of the molecule is Cc1nc(-c2cccnc2)sc1-c1ccn(C(=S)NC(C)c2ccccc2)n1. The molecular weight excluding hydrogens is 386 g/mol. The lowest BCUT2D eigenvalue weighted by molar-refractivity contribution is 0.697. The first-order valence-electron chi connectivity index (χ1n) is 8.91. The Bertz CT molecular complexity index is 1090. The van der Waals surface area contributed by atoms with Gasteiger partial charge in [0.1, 0.15) is 10.7 Å². The van der Waals surface area contributed by atoms with Crippen LogP contribution in [0.3, 0.4) is 0 Å². The van der Waals surface area contributed by atoms with Crippen molar-refractivity contribution in [2.24, 2.45) is 0 Å². The van der Waals surface area contributed by atoms with E-state index in [1.807, 2.05) is 55.7 Å². The molecule has 3 heterocycles. The lowest BCUT2D eigenvalue weighted by atomic mass is 10.1. The van der Waals surface area contributed by atoms with E-state index in [2.05, 4.69) is 39.4 Å². The zero-order valence-corrected chi connectivity index (χ0v) is 17.2. The highest BCUT2D eigenvalue weighted by Gasteiger charge is 2.15. The third kappa shape index (κ3) is 3.85. The van der Waals surface area contributed by atoms with E-state index >= 15 is 0 Å². The summed E-state index contributed by atoms with van der Waals surface area (Å²) in [6.07, 6.45) is 5.47. The fourth-order valence-corrected chi connectivity index (χ4v) is 4.18. The third-order valence-corrected chi connectivity index (χ3v) is 5.91. The highest BCUT2D eigenvalue weighted by Crippen LogP contribution is 2.33. The molecule has 0 saturated heterocycles. The Hall–Kier alpha value is -2.90. The normalized spacial score (nSPS) is 11.9. The maximum Gasteiger partial charge on any atom is 0.194 e. The molecule has 5 nitrogen and oxygen atoms in total. The Balaban J connectivity index is 1.53. The molecule has 4 aromatic rings. The molecule has 0 aliphatic carbocycles. The number of aromatic nitrogens is 4. The number of benzene rings is 1. The van der Waals surface area contributed by atoms with E-state index in [1.165, 1.54) is 5.56 Å². The van der Waals surface area contributed by atoms with Gasteiger partial charge in [-0.25, -0.2) is 9.67 Å². The number of nitrogens with zero attached hydrogens (tertiary/aromatic N) is 4. The summed E-state index contributed by atoms with van der Waals surface area (Å²) in [4.78, 5) is 9.89. The lowest BCUT2D eigenvalue weighted by Crippen LogP contribution is -2.31. The van der Waals surface area contributed by atoms with E-state index < -0.39 is 0 Å². The molecule has 0 fully saturated rings. The summed E-state index contributed by atoms with van der Waals surface area (Å²) in [6.45, 7) is 4.08. The van der Waals surface area contributed by atoms with Crippen LogP contribution in [0.5, 0.6) is 0 Å². The monoisotopic (exact) mass is 405 g/mol. The van der Waals surface area contributed by atoms with Gasteiger partial charge in [-0.15, -0.1) is 11.3 Å². The zero-order chi connectivity index (χ0) is 19.5. The Kier molecular flexibility index (Phi) is 5.27. The van der Waals surface area contributed by atoms with Crippen molar-refractivity contribution >= 4 is 28.7 Å². The molecule has 0 bridgehead atoms. The third-order valence-electron chi connectivity index (χ3n) is 4.37. The van der Waals surface area contributed by atoms with Crippen LogP contribution in [0.2, 0.25) is 0 Å². The molecule has 0 radical (unpaired) electrons. The first-order valence-corrected chi connectivity index (χ1v) is 10.1. The second-order valence-electron chi connectivity index (χ2n) is 6.40. The summed E-state index contributed by atoms with van der Waals surface area (Å²) in [5, 5.41) is 9.50. The van der Waals surface area contributed by atoms with Crippen molar-refractivity contribution in [1.29, 1.82) is 0 Å². The number of thiocarbonyl (C=S) groups is 1. The maximum absolute atomic E-state index is 5.54. The molecule has 0 amide bonds. The van der Waals surface area contributed by atoms with Crippen molar-refractivity contribution in [3.8, 4) is 21.1 Å². The number of rotatable bonds is 4. The fourth-order valence-electron chi connectivity index (χ4n) is 2.88. The van der Waals surface area contributed by atoms with Crippen molar-refractivity contribution in [3.05, 3.63) is 78.4 Å². The second kappa shape index (κ2) is 8.00. The van der Waals surface area contributed by atoms with Crippen LogP contribution in [0.1, 0.15) is 24.2 Å². The van der Waals surface area contributed by atoms with Gasteiger partial charge < -0.3 is 5.32 Å². The van der Waals surface area contributed by atoms with Crippen LogP contribution in [0.15, 0.2) is 67.1 Å². The van der Waals surface area contributed by atoms with E-state index in [-0.39, 0.29) is 6.04 Å². The number of thiazole rings is 1. The summed E-state index contributed by atoms with van der Waals surface area (Å²) in [7, 11) is 0. The van der Waals surface area contributed by atoms with Gasteiger partial charge in [-0.2, -0.15) is 5.10 Å². The molecule has 0 saturated carbocycles. The van der Waals surface area contributed by atoms with E-state index in [0.717, 1.165) is 26.8 Å². The molecule has 0 aliphatic heterocycles. The number of pyridine rings is 1. The predicted molar refractivity (Wildman–Crippen MR) is 117 cm³/mol. The topological polar surface area (TPSA) is 55.6 Å². The molecule has 1 aromatic carbocycles. The lowest BCUT2D eigenvalue weighted by Gasteiger charge is -2.16. The van der Waals surface area contributed by atoms with Gasteiger partial charge in [0.05, 0.1) is 16.6 Å². The van der Waals surface area contributed by atoms with E-state index in [4.69, 9.17) is 12.2 Å². The average molecular weight is 406 g/mol. The predicted octanol–water partition coefficient (Wildman–Crippen LogP) is 4.86. The highest BCUT2D eigenvalue weighted by molar-refractivity contribution is 7.80. The minimum Gasteiger partial charge on any atom is -0.354 e. The van der Waals surface area contributed by atoms with Gasteiger partial charge in [0.25, 0.3) is 0 Å². The van der Waals surface area contributed by atoms with Crippen molar-refractivity contribution in [3.63, 3.8) is 0 Å². The molecule has 0 spiro atoms. The molecule has 3 aromatic heterocycles. The van der Waals surface area contributed by atoms with Crippen molar-refractivity contribution in [1.82, 2.24) is 25.1 Å². The van der Waals surface area contributed by atoms with Crippen LogP contribution in [0, 0.1) is 6.92 Å².